The standard InChI is InChI=1S/C21H28N6O/c1-12(2)26-20-13(3)11-23-21(22)18(20)19(25-26)16-10-15(14-7-8-14)24-27(16)17-6-4-5-9-28-17/h10-12,14,17H,4-9H2,1-3H3,(H2,22,23). The van der Waals surface area contributed by atoms with Crippen LogP contribution in [0.1, 0.15) is 75.4 Å². The number of hydrogen-bond donors (Lipinski definition) is 1. The van der Waals surface area contributed by atoms with Crippen molar-refractivity contribution in [2.45, 2.75) is 71.1 Å². The van der Waals surface area contributed by atoms with Crippen LogP contribution in [0.25, 0.3) is 22.3 Å². The van der Waals surface area contributed by atoms with Crippen molar-refractivity contribution in [3.8, 4) is 11.4 Å². The average molecular weight is 380 g/mol. The second kappa shape index (κ2) is 6.58. The molecule has 148 valence electrons. The van der Waals surface area contributed by atoms with Gasteiger partial charge in [0.25, 0.3) is 0 Å². The molecule has 0 amide bonds. The zero-order valence-electron chi connectivity index (χ0n) is 16.9. The van der Waals surface area contributed by atoms with Crippen molar-refractivity contribution in [2.75, 3.05) is 12.3 Å². The molecule has 28 heavy (non-hydrogen) atoms. The first-order valence-electron chi connectivity index (χ1n) is 10.4. The molecule has 0 radical (unpaired) electrons. The summed E-state index contributed by atoms with van der Waals surface area (Å²) >= 11 is 0. The summed E-state index contributed by atoms with van der Waals surface area (Å²) in [6.07, 6.45) is 7.48. The number of ether oxygens (including phenoxy) is 1. The van der Waals surface area contributed by atoms with E-state index in [1.54, 1.807) is 0 Å². The van der Waals surface area contributed by atoms with Gasteiger partial charge in [-0.3, -0.25) is 4.68 Å². The predicted octanol–water partition coefficient (Wildman–Crippen LogP) is 4.34. The van der Waals surface area contributed by atoms with Crippen LogP contribution < -0.4 is 5.73 Å². The number of nitrogen functional groups attached to an aromatic ring is 1. The van der Waals surface area contributed by atoms with Crippen LogP contribution in [0.3, 0.4) is 0 Å². The van der Waals surface area contributed by atoms with Crippen molar-refractivity contribution >= 4 is 16.7 Å². The number of fused-ring (bicyclic) bond motifs is 1. The molecule has 3 aromatic heterocycles. The quantitative estimate of drug-likeness (QED) is 0.728. The van der Waals surface area contributed by atoms with E-state index in [1.807, 2.05) is 6.20 Å². The van der Waals surface area contributed by atoms with Crippen molar-refractivity contribution in [3.05, 3.63) is 23.5 Å². The van der Waals surface area contributed by atoms with Gasteiger partial charge in [-0.1, -0.05) is 0 Å². The summed E-state index contributed by atoms with van der Waals surface area (Å²) in [7, 11) is 0. The molecule has 5 rings (SSSR count). The molecular formula is C21H28N6O. The maximum atomic E-state index is 6.36. The van der Waals surface area contributed by atoms with Gasteiger partial charge in [0.05, 0.1) is 22.3 Å². The Hall–Kier alpha value is -2.41. The largest absolute Gasteiger partial charge is 0.383 e. The van der Waals surface area contributed by atoms with Crippen LogP contribution in [0.4, 0.5) is 5.82 Å². The smallest absolute Gasteiger partial charge is 0.150 e. The third-order valence-electron chi connectivity index (χ3n) is 5.85. The minimum atomic E-state index is -0.0329. The van der Waals surface area contributed by atoms with Crippen LogP contribution in [-0.4, -0.2) is 31.2 Å². The molecule has 4 heterocycles. The van der Waals surface area contributed by atoms with E-state index < -0.39 is 0 Å². The maximum Gasteiger partial charge on any atom is 0.150 e. The van der Waals surface area contributed by atoms with Gasteiger partial charge >= 0.3 is 0 Å². The second-order valence-electron chi connectivity index (χ2n) is 8.43. The Morgan fingerprint density at radius 2 is 2.00 bits per heavy atom. The molecule has 1 saturated heterocycles. The minimum Gasteiger partial charge on any atom is -0.383 e. The Morgan fingerprint density at radius 3 is 2.68 bits per heavy atom. The topological polar surface area (TPSA) is 83.8 Å². The van der Waals surface area contributed by atoms with Gasteiger partial charge in [0.1, 0.15) is 11.5 Å². The molecular weight excluding hydrogens is 352 g/mol. The molecule has 0 spiro atoms. The van der Waals surface area contributed by atoms with Crippen molar-refractivity contribution in [1.82, 2.24) is 24.5 Å². The fourth-order valence-corrected chi connectivity index (χ4v) is 4.20. The first kappa shape index (κ1) is 17.7. The lowest BCUT2D eigenvalue weighted by Crippen LogP contribution is -2.20. The van der Waals surface area contributed by atoms with E-state index in [2.05, 4.69) is 41.2 Å². The fourth-order valence-electron chi connectivity index (χ4n) is 4.20. The number of nitrogens with zero attached hydrogens (tertiary/aromatic N) is 5. The van der Waals surface area contributed by atoms with E-state index in [0.717, 1.165) is 59.4 Å². The maximum absolute atomic E-state index is 6.36. The summed E-state index contributed by atoms with van der Waals surface area (Å²) in [5.74, 6) is 1.09. The van der Waals surface area contributed by atoms with E-state index >= 15 is 0 Å². The number of rotatable bonds is 4. The van der Waals surface area contributed by atoms with Gasteiger partial charge in [0, 0.05) is 24.8 Å². The van der Waals surface area contributed by atoms with Gasteiger partial charge in [-0.2, -0.15) is 10.2 Å². The summed E-state index contributed by atoms with van der Waals surface area (Å²) in [5.41, 5.74) is 11.5. The Balaban J connectivity index is 1.75. The third-order valence-corrected chi connectivity index (χ3v) is 5.85. The summed E-state index contributed by atoms with van der Waals surface area (Å²) in [5, 5.41) is 10.9. The summed E-state index contributed by atoms with van der Waals surface area (Å²) in [4.78, 5) is 4.43. The number of aromatic nitrogens is 5. The van der Waals surface area contributed by atoms with Crippen molar-refractivity contribution in [2.24, 2.45) is 0 Å². The van der Waals surface area contributed by atoms with Gasteiger partial charge in [-0.15, -0.1) is 0 Å². The van der Waals surface area contributed by atoms with Crippen LogP contribution >= 0.6 is 0 Å². The highest BCUT2D eigenvalue weighted by molar-refractivity contribution is 6.01. The van der Waals surface area contributed by atoms with E-state index in [9.17, 15) is 0 Å². The normalized spacial score (nSPS) is 20.4. The Morgan fingerprint density at radius 1 is 1.18 bits per heavy atom. The molecule has 0 bridgehead atoms. The average Bonchev–Trinajstić information content (AvgIpc) is 3.31. The fraction of sp³-hybridized carbons (Fsp3) is 0.571. The molecule has 7 nitrogen and oxygen atoms in total. The molecule has 7 heteroatoms. The molecule has 1 saturated carbocycles. The number of hydrogen-bond acceptors (Lipinski definition) is 5. The molecule has 2 aliphatic rings. The van der Waals surface area contributed by atoms with Crippen molar-refractivity contribution in [3.63, 3.8) is 0 Å². The monoisotopic (exact) mass is 380 g/mol. The molecule has 2 N–H and O–H groups in total. The van der Waals surface area contributed by atoms with Crippen LogP contribution in [0.2, 0.25) is 0 Å². The zero-order valence-corrected chi connectivity index (χ0v) is 16.9. The lowest BCUT2D eigenvalue weighted by molar-refractivity contribution is -0.0385. The van der Waals surface area contributed by atoms with E-state index in [0.29, 0.717) is 11.7 Å². The van der Waals surface area contributed by atoms with Crippen LogP contribution in [-0.2, 0) is 4.74 Å². The van der Waals surface area contributed by atoms with E-state index in [-0.39, 0.29) is 12.3 Å². The summed E-state index contributed by atoms with van der Waals surface area (Å²) in [6, 6.07) is 2.42. The molecule has 2 fully saturated rings. The van der Waals surface area contributed by atoms with Crippen LogP contribution in [0, 0.1) is 6.92 Å². The van der Waals surface area contributed by atoms with Crippen molar-refractivity contribution < 1.29 is 4.74 Å². The highest BCUT2D eigenvalue weighted by atomic mass is 16.5. The first-order valence-corrected chi connectivity index (χ1v) is 10.4. The van der Waals surface area contributed by atoms with Gasteiger partial charge in [0.15, 0.2) is 6.23 Å². The van der Waals surface area contributed by atoms with Crippen molar-refractivity contribution in [1.29, 1.82) is 0 Å². The number of pyridine rings is 1. The molecule has 0 aromatic carbocycles. The Kier molecular flexibility index (Phi) is 4.16. The van der Waals surface area contributed by atoms with Gasteiger partial charge in [-0.05, 0) is 64.5 Å². The van der Waals surface area contributed by atoms with Gasteiger partial charge < -0.3 is 10.5 Å². The highest BCUT2D eigenvalue weighted by Gasteiger charge is 2.32. The van der Waals surface area contributed by atoms with E-state index in [4.69, 9.17) is 20.7 Å². The number of anilines is 1. The number of aryl methyl sites for hydroxylation is 1. The van der Waals surface area contributed by atoms with Crippen LogP contribution in [0.15, 0.2) is 12.3 Å². The number of nitrogens with two attached hydrogens (primary N) is 1. The highest BCUT2D eigenvalue weighted by Crippen LogP contribution is 2.43. The third kappa shape index (κ3) is 2.80. The molecule has 1 aliphatic heterocycles. The zero-order chi connectivity index (χ0) is 19.4. The van der Waals surface area contributed by atoms with Gasteiger partial charge in [0.2, 0.25) is 0 Å². The molecule has 1 aliphatic carbocycles. The second-order valence-corrected chi connectivity index (χ2v) is 8.43. The first-order chi connectivity index (χ1) is 13.5. The lowest BCUT2D eigenvalue weighted by Gasteiger charge is -2.24. The molecule has 3 aromatic rings. The van der Waals surface area contributed by atoms with Gasteiger partial charge in [-0.25, -0.2) is 9.67 Å². The van der Waals surface area contributed by atoms with E-state index in [1.165, 1.54) is 12.8 Å². The lowest BCUT2D eigenvalue weighted by atomic mass is 10.1. The van der Waals surface area contributed by atoms with Crippen LogP contribution in [0.5, 0.6) is 0 Å². The molecule has 1 unspecified atom stereocenters. The Labute approximate surface area is 164 Å². The Bertz CT molecular complexity index is 1020. The summed E-state index contributed by atoms with van der Waals surface area (Å²) in [6.45, 7) is 7.13. The predicted molar refractivity (Wildman–Crippen MR) is 109 cm³/mol. The minimum absolute atomic E-state index is 0.0329. The SMILES string of the molecule is Cc1cnc(N)c2c(-c3cc(C4CC4)nn3C3CCCCO3)nn(C(C)C)c12. The summed E-state index contributed by atoms with van der Waals surface area (Å²) < 4.78 is 10.2. The molecule has 1 atom stereocenters.